The molecule has 1 aliphatic rings. The van der Waals surface area contributed by atoms with Crippen LogP contribution in [0.15, 0.2) is 27.2 Å². The van der Waals surface area contributed by atoms with E-state index in [1.54, 1.807) is 0 Å². The molecule has 0 radical (unpaired) electrons. The third-order valence-corrected chi connectivity index (χ3v) is 5.52. The van der Waals surface area contributed by atoms with Gasteiger partial charge in [0.05, 0.1) is 17.7 Å². The Morgan fingerprint density at radius 1 is 1.08 bits per heavy atom. The predicted octanol–water partition coefficient (Wildman–Crippen LogP) is 3.63. The summed E-state index contributed by atoms with van der Waals surface area (Å²) in [5.74, 6) is 1.39. The summed E-state index contributed by atoms with van der Waals surface area (Å²) in [5.41, 5.74) is 4.72. The van der Waals surface area contributed by atoms with E-state index in [4.69, 9.17) is 9.51 Å². The number of piperazine rings is 1. The Morgan fingerprint density at radius 3 is 2.54 bits per heavy atom. The van der Waals surface area contributed by atoms with Gasteiger partial charge in [0.1, 0.15) is 0 Å². The monoisotopic (exact) mass is 415 g/mol. The van der Waals surface area contributed by atoms with E-state index in [1.165, 1.54) is 16.6 Å². The van der Waals surface area contributed by atoms with Gasteiger partial charge in [-0.2, -0.15) is 4.98 Å². The molecule has 0 N–H and O–H groups in total. The van der Waals surface area contributed by atoms with Crippen molar-refractivity contribution in [2.75, 3.05) is 31.1 Å². The highest BCUT2D eigenvalue weighted by Gasteiger charge is 2.22. The van der Waals surface area contributed by atoms with Gasteiger partial charge in [-0.15, -0.1) is 0 Å². The first-order chi connectivity index (χ1) is 12.5. The molecule has 7 heteroatoms. The van der Waals surface area contributed by atoms with Crippen LogP contribution in [0, 0.1) is 20.8 Å². The number of halogens is 1. The largest absolute Gasteiger partial charge is 0.368 e. The van der Waals surface area contributed by atoms with Crippen molar-refractivity contribution in [2.24, 2.45) is 0 Å². The molecule has 4 rings (SSSR count). The summed E-state index contributed by atoms with van der Waals surface area (Å²) in [5, 5.41) is 5.22. The molecule has 0 spiro atoms. The van der Waals surface area contributed by atoms with Crippen molar-refractivity contribution in [3.05, 3.63) is 45.6 Å². The Labute approximate surface area is 161 Å². The second-order valence-corrected chi connectivity index (χ2v) is 7.74. The number of hydrogen-bond acceptors (Lipinski definition) is 6. The van der Waals surface area contributed by atoms with Gasteiger partial charge in [-0.3, -0.25) is 9.88 Å². The summed E-state index contributed by atoms with van der Waals surface area (Å²) < 4.78 is 6.16. The standard InChI is InChI=1S/C19H22BrN5O/c1-12-13(2)21-17-5-4-15(20)10-16(17)19(12)25-8-6-24(7-9-25)11-18-22-14(3)26-23-18/h4-5,10H,6-9,11H2,1-3H3. The number of aromatic nitrogens is 3. The predicted molar refractivity (Wildman–Crippen MR) is 105 cm³/mol. The van der Waals surface area contributed by atoms with Gasteiger partial charge in [-0.25, -0.2) is 0 Å². The lowest BCUT2D eigenvalue weighted by atomic mass is 10.1. The van der Waals surface area contributed by atoms with Crippen LogP contribution in [0.25, 0.3) is 10.9 Å². The second-order valence-electron chi connectivity index (χ2n) is 6.83. The van der Waals surface area contributed by atoms with Crippen LogP contribution < -0.4 is 4.90 Å². The molecule has 6 nitrogen and oxygen atoms in total. The molecule has 0 saturated carbocycles. The van der Waals surface area contributed by atoms with E-state index in [2.05, 4.69) is 67.9 Å². The lowest BCUT2D eigenvalue weighted by Gasteiger charge is -2.37. The van der Waals surface area contributed by atoms with Crippen LogP contribution in [0.3, 0.4) is 0 Å². The van der Waals surface area contributed by atoms with Crippen molar-refractivity contribution >= 4 is 32.5 Å². The van der Waals surface area contributed by atoms with Crippen LogP contribution in [0.2, 0.25) is 0 Å². The van der Waals surface area contributed by atoms with Crippen LogP contribution in [-0.2, 0) is 6.54 Å². The van der Waals surface area contributed by atoms with Gasteiger partial charge in [0.25, 0.3) is 0 Å². The molecule has 0 aliphatic carbocycles. The molecule has 0 amide bonds. The van der Waals surface area contributed by atoms with Gasteiger partial charge in [0.2, 0.25) is 5.89 Å². The summed E-state index contributed by atoms with van der Waals surface area (Å²) >= 11 is 3.60. The van der Waals surface area contributed by atoms with E-state index < -0.39 is 0 Å². The van der Waals surface area contributed by atoms with Gasteiger partial charge in [0, 0.05) is 48.7 Å². The first-order valence-electron chi connectivity index (χ1n) is 8.84. The molecule has 3 heterocycles. The lowest BCUT2D eigenvalue weighted by Crippen LogP contribution is -2.46. The Bertz CT molecular complexity index is 946. The number of pyridine rings is 1. The fraction of sp³-hybridized carbons (Fsp3) is 0.421. The van der Waals surface area contributed by atoms with Crippen LogP contribution in [0.4, 0.5) is 5.69 Å². The quantitative estimate of drug-likeness (QED) is 0.650. The summed E-state index contributed by atoms with van der Waals surface area (Å²) in [6.45, 7) is 10.7. The number of rotatable bonds is 3. The number of hydrogen-bond donors (Lipinski definition) is 0. The zero-order valence-electron chi connectivity index (χ0n) is 15.3. The highest BCUT2D eigenvalue weighted by atomic mass is 79.9. The summed E-state index contributed by atoms with van der Waals surface area (Å²) in [6, 6.07) is 6.32. The summed E-state index contributed by atoms with van der Waals surface area (Å²) in [6.07, 6.45) is 0. The van der Waals surface area contributed by atoms with Crippen LogP contribution in [0.5, 0.6) is 0 Å². The van der Waals surface area contributed by atoms with Crippen LogP contribution in [-0.4, -0.2) is 46.2 Å². The van der Waals surface area contributed by atoms with Crippen molar-refractivity contribution in [1.29, 1.82) is 0 Å². The topological polar surface area (TPSA) is 58.3 Å². The number of fused-ring (bicyclic) bond motifs is 1. The fourth-order valence-electron chi connectivity index (χ4n) is 3.58. The molecule has 1 aromatic carbocycles. The molecular weight excluding hydrogens is 394 g/mol. The van der Waals surface area contributed by atoms with Gasteiger partial charge in [-0.05, 0) is 37.6 Å². The summed E-state index contributed by atoms with van der Waals surface area (Å²) in [4.78, 5) is 13.9. The molecule has 0 bridgehead atoms. The first kappa shape index (κ1) is 17.4. The number of benzene rings is 1. The first-order valence-corrected chi connectivity index (χ1v) is 9.63. The van der Waals surface area contributed by atoms with Gasteiger partial charge in [0.15, 0.2) is 5.82 Å². The third kappa shape index (κ3) is 3.33. The van der Waals surface area contributed by atoms with E-state index >= 15 is 0 Å². The third-order valence-electron chi connectivity index (χ3n) is 5.02. The minimum absolute atomic E-state index is 0.624. The number of aryl methyl sites for hydroxylation is 2. The maximum absolute atomic E-state index is 5.08. The highest BCUT2D eigenvalue weighted by Crippen LogP contribution is 2.33. The molecule has 2 aromatic heterocycles. The number of nitrogens with zero attached hydrogens (tertiary/aromatic N) is 5. The Kier molecular flexibility index (Phi) is 4.67. The van der Waals surface area contributed by atoms with Crippen LogP contribution >= 0.6 is 15.9 Å². The normalized spacial score (nSPS) is 15.8. The minimum Gasteiger partial charge on any atom is -0.368 e. The zero-order chi connectivity index (χ0) is 18.3. The van der Waals surface area contributed by atoms with Crippen molar-refractivity contribution in [3.8, 4) is 0 Å². The van der Waals surface area contributed by atoms with Gasteiger partial charge >= 0.3 is 0 Å². The van der Waals surface area contributed by atoms with Crippen molar-refractivity contribution in [1.82, 2.24) is 20.0 Å². The van der Waals surface area contributed by atoms with E-state index in [1.807, 2.05) is 6.92 Å². The molecule has 0 unspecified atom stereocenters. The van der Waals surface area contributed by atoms with Gasteiger partial charge < -0.3 is 9.42 Å². The molecule has 136 valence electrons. The minimum atomic E-state index is 0.624. The Balaban J connectivity index is 1.57. The maximum Gasteiger partial charge on any atom is 0.223 e. The van der Waals surface area contributed by atoms with Crippen molar-refractivity contribution < 1.29 is 4.52 Å². The zero-order valence-corrected chi connectivity index (χ0v) is 16.9. The average molecular weight is 416 g/mol. The smallest absolute Gasteiger partial charge is 0.223 e. The fourth-order valence-corrected chi connectivity index (χ4v) is 3.94. The molecule has 1 saturated heterocycles. The van der Waals surface area contributed by atoms with E-state index in [0.717, 1.165) is 54.2 Å². The molecule has 0 atom stereocenters. The molecule has 1 fully saturated rings. The van der Waals surface area contributed by atoms with Crippen molar-refractivity contribution in [2.45, 2.75) is 27.3 Å². The number of anilines is 1. The maximum atomic E-state index is 5.08. The summed E-state index contributed by atoms with van der Waals surface area (Å²) in [7, 11) is 0. The van der Waals surface area contributed by atoms with E-state index in [-0.39, 0.29) is 0 Å². The molecule has 26 heavy (non-hydrogen) atoms. The SMILES string of the molecule is Cc1nc(CN2CCN(c3c(C)c(C)nc4ccc(Br)cc34)CC2)no1. The van der Waals surface area contributed by atoms with E-state index in [0.29, 0.717) is 5.89 Å². The van der Waals surface area contributed by atoms with Crippen LogP contribution in [0.1, 0.15) is 23.0 Å². The van der Waals surface area contributed by atoms with Gasteiger partial charge in [-0.1, -0.05) is 21.1 Å². The molecular formula is C19H22BrN5O. The van der Waals surface area contributed by atoms with E-state index in [9.17, 15) is 0 Å². The molecule has 3 aromatic rings. The second kappa shape index (κ2) is 6.96. The highest BCUT2D eigenvalue weighted by molar-refractivity contribution is 9.10. The average Bonchev–Trinajstić information content (AvgIpc) is 3.02. The Hall–Kier alpha value is -1.99. The van der Waals surface area contributed by atoms with Crippen molar-refractivity contribution in [3.63, 3.8) is 0 Å². The lowest BCUT2D eigenvalue weighted by molar-refractivity contribution is 0.240. The molecule has 1 aliphatic heterocycles. The Morgan fingerprint density at radius 2 is 1.85 bits per heavy atom.